The number of alkyl halides is 2. The lowest BCUT2D eigenvalue weighted by atomic mass is 10.1. The van der Waals surface area contributed by atoms with E-state index in [4.69, 9.17) is 23.2 Å². The molecule has 1 rings (SSSR count). The van der Waals surface area contributed by atoms with E-state index in [1.54, 1.807) is 0 Å². The summed E-state index contributed by atoms with van der Waals surface area (Å²) in [7, 11) is 0. The van der Waals surface area contributed by atoms with E-state index in [0.717, 1.165) is 4.90 Å². The molecule has 1 N–H and O–H groups in total. The van der Waals surface area contributed by atoms with Gasteiger partial charge in [-0.3, -0.25) is 4.79 Å². The Morgan fingerprint density at radius 2 is 1.88 bits per heavy atom. The van der Waals surface area contributed by atoms with Crippen LogP contribution in [-0.4, -0.2) is 29.0 Å². The normalized spacial score (nSPS) is 11.2. The molecule has 1 aromatic carbocycles. The second-order valence-electron chi connectivity index (χ2n) is 3.98. The van der Waals surface area contributed by atoms with Gasteiger partial charge in [0, 0.05) is 16.7 Å². The maximum Gasteiger partial charge on any atom is 0.230 e. The molecule has 0 aliphatic carbocycles. The lowest BCUT2D eigenvalue weighted by Crippen LogP contribution is -2.49. The number of rotatable bonds is 6. The summed E-state index contributed by atoms with van der Waals surface area (Å²) in [5.74, 6) is 0.923. The van der Waals surface area contributed by atoms with Crippen molar-refractivity contribution in [2.24, 2.45) is 0 Å². The van der Waals surface area contributed by atoms with Gasteiger partial charge in [-0.15, -0.1) is 35.0 Å². The zero-order chi connectivity index (χ0) is 12.7. The third-order valence-electron chi connectivity index (χ3n) is 2.14. The predicted octanol–water partition coefficient (Wildman–Crippen LogP) is 3.13. The van der Waals surface area contributed by atoms with E-state index in [1.165, 1.54) is 11.8 Å². The average molecular weight is 292 g/mol. The van der Waals surface area contributed by atoms with Gasteiger partial charge in [0.05, 0.1) is 11.3 Å². The first-order valence-corrected chi connectivity index (χ1v) is 7.26. The number of hydrogen-bond acceptors (Lipinski definition) is 2. The van der Waals surface area contributed by atoms with Gasteiger partial charge in [0.1, 0.15) is 0 Å². The molecular weight excluding hydrogens is 277 g/mol. The molecule has 2 nitrogen and oxygen atoms in total. The lowest BCUT2D eigenvalue weighted by molar-refractivity contribution is -0.119. The van der Waals surface area contributed by atoms with Gasteiger partial charge in [-0.25, -0.2) is 0 Å². The van der Waals surface area contributed by atoms with Crippen LogP contribution in [0.1, 0.15) is 6.92 Å². The molecule has 0 saturated carbocycles. The van der Waals surface area contributed by atoms with Gasteiger partial charge in [0.25, 0.3) is 0 Å². The minimum atomic E-state index is -0.530. The van der Waals surface area contributed by atoms with Gasteiger partial charge < -0.3 is 5.32 Å². The number of carbonyl (C=O) groups is 1. The Balaban J connectivity index is 2.40. The second kappa shape index (κ2) is 7.14. The first kappa shape index (κ1) is 14.7. The van der Waals surface area contributed by atoms with Crippen LogP contribution in [0.15, 0.2) is 35.2 Å². The quantitative estimate of drug-likeness (QED) is 0.644. The van der Waals surface area contributed by atoms with E-state index in [-0.39, 0.29) is 5.91 Å². The van der Waals surface area contributed by atoms with Crippen molar-refractivity contribution >= 4 is 40.9 Å². The summed E-state index contributed by atoms with van der Waals surface area (Å²) in [6.45, 7) is 1.83. The van der Waals surface area contributed by atoms with Crippen LogP contribution in [0.5, 0.6) is 0 Å². The highest BCUT2D eigenvalue weighted by atomic mass is 35.5. The van der Waals surface area contributed by atoms with E-state index < -0.39 is 5.54 Å². The summed E-state index contributed by atoms with van der Waals surface area (Å²) in [5.41, 5.74) is -0.530. The van der Waals surface area contributed by atoms with Gasteiger partial charge in [-0.05, 0) is 19.1 Å². The third kappa shape index (κ3) is 5.19. The molecule has 0 fully saturated rings. The minimum absolute atomic E-state index is 0.0531. The predicted molar refractivity (Wildman–Crippen MR) is 75.2 cm³/mol. The van der Waals surface area contributed by atoms with Crippen molar-refractivity contribution in [2.75, 3.05) is 17.5 Å². The van der Waals surface area contributed by atoms with Crippen LogP contribution < -0.4 is 5.32 Å². The molecule has 0 aliphatic rings. The molecule has 0 saturated heterocycles. The monoisotopic (exact) mass is 291 g/mol. The topological polar surface area (TPSA) is 29.1 Å². The van der Waals surface area contributed by atoms with Crippen LogP contribution in [0.4, 0.5) is 0 Å². The summed E-state index contributed by atoms with van der Waals surface area (Å²) < 4.78 is 0. The molecular formula is C12H15Cl2NOS. The van der Waals surface area contributed by atoms with Crippen molar-refractivity contribution < 1.29 is 4.79 Å². The number of nitrogens with one attached hydrogen (secondary N) is 1. The number of thioether (sulfide) groups is 1. The Morgan fingerprint density at radius 1 is 1.29 bits per heavy atom. The van der Waals surface area contributed by atoms with Crippen molar-refractivity contribution in [1.29, 1.82) is 0 Å². The SMILES string of the molecule is CC(CCl)(CCl)NC(=O)CSc1ccccc1. The molecule has 0 aliphatic heterocycles. The Labute approximate surface area is 116 Å². The number of benzene rings is 1. The fraction of sp³-hybridized carbons (Fsp3) is 0.417. The van der Waals surface area contributed by atoms with Gasteiger partial charge >= 0.3 is 0 Å². The van der Waals surface area contributed by atoms with Crippen molar-refractivity contribution in [3.8, 4) is 0 Å². The largest absolute Gasteiger partial charge is 0.348 e. The summed E-state index contributed by atoms with van der Waals surface area (Å²) in [6, 6.07) is 9.78. The van der Waals surface area contributed by atoms with E-state index in [9.17, 15) is 4.79 Å². The molecule has 0 spiro atoms. The molecule has 0 atom stereocenters. The third-order valence-corrected chi connectivity index (χ3v) is 4.34. The summed E-state index contributed by atoms with van der Waals surface area (Å²) >= 11 is 13.0. The van der Waals surface area contributed by atoms with Crippen LogP contribution in [0, 0.1) is 0 Å². The molecule has 1 aromatic rings. The van der Waals surface area contributed by atoms with Crippen LogP contribution in [0.25, 0.3) is 0 Å². The molecule has 0 unspecified atom stereocenters. The molecule has 0 bridgehead atoms. The van der Waals surface area contributed by atoms with Gasteiger partial charge in [-0.1, -0.05) is 18.2 Å². The molecule has 0 aromatic heterocycles. The van der Waals surface area contributed by atoms with E-state index in [2.05, 4.69) is 5.32 Å². The van der Waals surface area contributed by atoms with Crippen molar-refractivity contribution in [2.45, 2.75) is 17.4 Å². The van der Waals surface area contributed by atoms with Crippen LogP contribution in [0.2, 0.25) is 0 Å². The van der Waals surface area contributed by atoms with Crippen molar-refractivity contribution in [3.63, 3.8) is 0 Å². The second-order valence-corrected chi connectivity index (χ2v) is 5.56. The first-order chi connectivity index (χ1) is 8.09. The van der Waals surface area contributed by atoms with E-state index in [1.807, 2.05) is 37.3 Å². The Morgan fingerprint density at radius 3 is 2.41 bits per heavy atom. The minimum Gasteiger partial charge on any atom is -0.348 e. The highest BCUT2D eigenvalue weighted by molar-refractivity contribution is 8.00. The fourth-order valence-corrected chi connectivity index (χ4v) is 2.28. The highest BCUT2D eigenvalue weighted by Crippen LogP contribution is 2.17. The van der Waals surface area contributed by atoms with Crippen molar-refractivity contribution in [1.82, 2.24) is 5.32 Å². The highest BCUT2D eigenvalue weighted by Gasteiger charge is 2.23. The van der Waals surface area contributed by atoms with Gasteiger partial charge in [0.2, 0.25) is 5.91 Å². The van der Waals surface area contributed by atoms with Crippen LogP contribution in [0.3, 0.4) is 0 Å². The lowest BCUT2D eigenvalue weighted by Gasteiger charge is -2.25. The standard InChI is InChI=1S/C12H15Cl2NOS/c1-12(8-13,9-14)15-11(16)7-17-10-5-3-2-4-6-10/h2-6H,7-9H2,1H3,(H,15,16). The molecule has 0 heterocycles. The van der Waals surface area contributed by atoms with E-state index in [0.29, 0.717) is 17.5 Å². The maximum absolute atomic E-state index is 11.7. The zero-order valence-electron chi connectivity index (χ0n) is 9.58. The Bertz CT molecular complexity index is 355. The molecule has 1 amide bonds. The average Bonchev–Trinajstić information content (AvgIpc) is 2.37. The van der Waals surface area contributed by atoms with Crippen molar-refractivity contribution in [3.05, 3.63) is 30.3 Å². The Hall–Kier alpha value is -0.380. The number of hydrogen-bond donors (Lipinski definition) is 1. The van der Waals surface area contributed by atoms with Crippen LogP contribution >= 0.6 is 35.0 Å². The van der Waals surface area contributed by atoms with Gasteiger partial charge in [0.15, 0.2) is 0 Å². The van der Waals surface area contributed by atoms with Crippen LogP contribution in [-0.2, 0) is 4.79 Å². The van der Waals surface area contributed by atoms with E-state index >= 15 is 0 Å². The smallest absolute Gasteiger partial charge is 0.230 e. The Kier molecular flexibility index (Phi) is 6.17. The van der Waals surface area contributed by atoms with Gasteiger partial charge in [-0.2, -0.15) is 0 Å². The fourth-order valence-electron chi connectivity index (χ4n) is 1.14. The number of carbonyl (C=O) groups excluding carboxylic acids is 1. The molecule has 0 radical (unpaired) electrons. The molecule has 94 valence electrons. The number of amides is 1. The molecule has 5 heteroatoms. The number of halogens is 2. The summed E-state index contributed by atoms with van der Waals surface area (Å²) in [5, 5.41) is 2.84. The summed E-state index contributed by atoms with van der Waals surface area (Å²) in [6.07, 6.45) is 0. The zero-order valence-corrected chi connectivity index (χ0v) is 11.9. The first-order valence-electron chi connectivity index (χ1n) is 5.20. The maximum atomic E-state index is 11.7. The molecule has 17 heavy (non-hydrogen) atoms. The summed E-state index contributed by atoms with van der Waals surface area (Å²) in [4.78, 5) is 12.8.